The van der Waals surface area contributed by atoms with Crippen LogP contribution < -0.4 is 5.32 Å². The molecular weight excluding hydrogens is 188 g/mol. The molecule has 1 rings (SSSR count). The van der Waals surface area contributed by atoms with E-state index in [4.69, 9.17) is 10.2 Å². The van der Waals surface area contributed by atoms with Crippen LogP contribution in [0.4, 0.5) is 0 Å². The molecule has 1 atom stereocenters. The van der Waals surface area contributed by atoms with Gasteiger partial charge in [-0.25, -0.2) is 4.68 Å². The predicted octanol–water partition coefficient (Wildman–Crippen LogP) is -2.25. The number of carbonyl (C=O) groups excluding carboxylic acids is 1. The number of rotatable bonds is 5. The average molecular weight is 200 g/mol. The first-order valence-electron chi connectivity index (χ1n) is 4.12. The Kier molecular flexibility index (Phi) is 4.02. The molecule has 0 aliphatic rings. The minimum Gasteiger partial charge on any atom is -0.394 e. The molecule has 78 valence electrons. The fraction of sp³-hybridized carbons (Fsp3) is 0.571. The largest absolute Gasteiger partial charge is 0.394 e. The smallest absolute Gasteiger partial charge is 0.241 e. The van der Waals surface area contributed by atoms with Crippen molar-refractivity contribution in [1.82, 2.24) is 20.3 Å². The second kappa shape index (κ2) is 5.30. The monoisotopic (exact) mass is 200 g/mol. The molecule has 1 aromatic heterocycles. The van der Waals surface area contributed by atoms with E-state index in [1.54, 1.807) is 6.20 Å². The van der Waals surface area contributed by atoms with Gasteiger partial charge in [0.05, 0.1) is 18.9 Å². The highest BCUT2D eigenvalue weighted by molar-refractivity contribution is 5.75. The Bertz CT molecular complexity index is 274. The minimum absolute atomic E-state index is 0.0318. The standard InChI is InChI=1S/C7H12N4O3/c12-5-6(13)3-8-7(14)4-11-2-1-9-10-11/h1-2,6,12-13H,3-5H2,(H,8,14). The van der Waals surface area contributed by atoms with Gasteiger partial charge in [0.25, 0.3) is 0 Å². The van der Waals surface area contributed by atoms with Crippen LogP contribution in [0.2, 0.25) is 0 Å². The van der Waals surface area contributed by atoms with Gasteiger partial charge in [0.1, 0.15) is 6.54 Å². The van der Waals surface area contributed by atoms with Gasteiger partial charge in [-0.3, -0.25) is 4.79 Å². The summed E-state index contributed by atoms with van der Waals surface area (Å²) in [5, 5.41) is 27.0. The van der Waals surface area contributed by atoms with Gasteiger partial charge in [-0.2, -0.15) is 0 Å². The Morgan fingerprint density at radius 3 is 3.00 bits per heavy atom. The lowest BCUT2D eigenvalue weighted by molar-refractivity contribution is -0.122. The van der Waals surface area contributed by atoms with E-state index in [2.05, 4.69) is 15.6 Å². The number of carbonyl (C=O) groups is 1. The lowest BCUT2D eigenvalue weighted by atomic mass is 10.4. The Labute approximate surface area is 80.4 Å². The average Bonchev–Trinajstić information content (AvgIpc) is 2.66. The van der Waals surface area contributed by atoms with Crippen molar-refractivity contribution in [3.05, 3.63) is 12.4 Å². The van der Waals surface area contributed by atoms with Crippen molar-refractivity contribution in [2.45, 2.75) is 12.6 Å². The maximum absolute atomic E-state index is 11.1. The third-order valence-electron chi connectivity index (χ3n) is 1.52. The summed E-state index contributed by atoms with van der Waals surface area (Å²) < 4.78 is 1.36. The molecule has 7 nitrogen and oxygen atoms in total. The summed E-state index contributed by atoms with van der Waals surface area (Å²) in [5.74, 6) is -0.289. The van der Waals surface area contributed by atoms with Crippen molar-refractivity contribution in [2.75, 3.05) is 13.2 Å². The zero-order chi connectivity index (χ0) is 10.4. The summed E-state index contributed by atoms with van der Waals surface area (Å²) >= 11 is 0. The van der Waals surface area contributed by atoms with E-state index >= 15 is 0 Å². The van der Waals surface area contributed by atoms with Crippen molar-refractivity contribution in [3.8, 4) is 0 Å². The molecule has 1 heterocycles. The maximum atomic E-state index is 11.1. The summed E-state index contributed by atoms with van der Waals surface area (Å²) in [6.07, 6.45) is 2.10. The number of hydrogen-bond donors (Lipinski definition) is 3. The molecule has 3 N–H and O–H groups in total. The van der Waals surface area contributed by atoms with Crippen molar-refractivity contribution in [2.24, 2.45) is 0 Å². The molecule has 14 heavy (non-hydrogen) atoms. The van der Waals surface area contributed by atoms with Crippen LogP contribution in [0.15, 0.2) is 12.4 Å². The zero-order valence-electron chi connectivity index (χ0n) is 7.50. The van der Waals surface area contributed by atoms with Crippen LogP contribution in [0.1, 0.15) is 0 Å². The van der Waals surface area contributed by atoms with Crippen LogP contribution in [0.25, 0.3) is 0 Å². The number of aliphatic hydroxyl groups excluding tert-OH is 2. The van der Waals surface area contributed by atoms with E-state index < -0.39 is 6.10 Å². The molecule has 7 heteroatoms. The van der Waals surface area contributed by atoms with E-state index in [9.17, 15) is 4.79 Å². The van der Waals surface area contributed by atoms with Gasteiger partial charge in [0.15, 0.2) is 0 Å². The van der Waals surface area contributed by atoms with Crippen LogP contribution in [0, 0.1) is 0 Å². The van der Waals surface area contributed by atoms with Crippen molar-refractivity contribution >= 4 is 5.91 Å². The summed E-state index contributed by atoms with van der Waals surface area (Å²) in [6.45, 7) is -0.286. The molecular formula is C7H12N4O3. The first-order chi connectivity index (χ1) is 6.72. The lowest BCUT2D eigenvalue weighted by Gasteiger charge is -2.08. The fourth-order valence-corrected chi connectivity index (χ4v) is 0.816. The normalized spacial score (nSPS) is 12.4. The molecule has 0 aliphatic carbocycles. The topological polar surface area (TPSA) is 100 Å². The van der Waals surface area contributed by atoms with Gasteiger partial charge in [0, 0.05) is 12.7 Å². The maximum Gasteiger partial charge on any atom is 0.241 e. The van der Waals surface area contributed by atoms with Gasteiger partial charge in [0.2, 0.25) is 5.91 Å². The van der Waals surface area contributed by atoms with Gasteiger partial charge in [-0.1, -0.05) is 5.21 Å². The molecule has 0 radical (unpaired) electrons. The number of aromatic nitrogens is 3. The van der Waals surface area contributed by atoms with Gasteiger partial charge >= 0.3 is 0 Å². The molecule has 0 aromatic carbocycles. The number of nitrogens with one attached hydrogen (secondary N) is 1. The number of nitrogens with zero attached hydrogens (tertiary/aromatic N) is 3. The van der Waals surface area contributed by atoms with Crippen molar-refractivity contribution < 1.29 is 15.0 Å². The molecule has 1 aromatic rings. The highest BCUT2D eigenvalue weighted by atomic mass is 16.3. The summed E-state index contributed by atoms with van der Waals surface area (Å²) in [6, 6.07) is 0. The van der Waals surface area contributed by atoms with Crippen LogP contribution in [-0.2, 0) is 11.3 Å². The van der Waals surface area contributed by atoms with E-state index in [-0.39, 0.29) is 25.6 Å². The Morgan fingerprint density at radius 2 is 2.43 bits per heavy atom. The lowest BCUT2D eigenvalue weighted by Crippen LogP contribution is -2.35. The van der Waals surface area contributed by atoms with Crippen LogP contribution >= 0.6 is 0 Å². The Balaban J connectivity index is 2.23. The Hall–Kier alpha value is -1.47. The van der Waals surface area contributed by atoms with Crippen LogP contribution in [0.3, 0.4) is 0 Å². The summed E-state index contributed by atoms with van der Waals surface area (Å²) in [7, 11) is 0. The molecule has 0 spiro atoms. The third kappa shape index (κ3) is 3.50. The quantitative estimate of drug-likeness (QED) is 0.498. The van der Waals surface area contributed by atoms with Gasteiger partial charge in [-0.15, -0.1) is 5.10 Å². The fourth-order valence-electron chi connectivity index (χ4n) is 0.816. The summed E-state index contributed by atoms with van der Waals surface area (Å²) in [4.78, 5) is 11.1. The van der Waals surface area contributed by atoms with E-state index in [0.29, 0.717) is 0 Å². The second-order valence-corrected chi connectivity index (χ2v) is 2.74. The Morgan fingerprint density at radius 1 is 1.64 bits per heavy atom. The number of aliphatic hydroxyl groups is 2. The highest BCUT2D eigenvalue weighted by Crippen LogP contribution is 1.82. The van der Waals surface area contributed by atoms with Crippen LogP contribution in [-0.4, -0.2) is 50.4 Å². The minimum atomic E-state index is -0.922. The molecule has 0 bridgehead atoms. The van der Waals surface area contributed by atoms with Gasteiger partial charge in [-0.05, 0) is 0 Å². The second-order valence-electron chi connectivity index (χ2n) is 2.74. The molecule has 1 unspecified atom stereocenters. The van der Waals surface area contributed by atoms with Crippen LogP contribution in [0.5, 0.6) is 0 Å². The molecule has 1 amide bonds. The molecule has 0 saturated carbocycles. The first kappa shape index (κ1) is 10.6. The number of hydrogen-bond acceptors (Lipinski definition) is 5. The molecule has 0 fully saturated rings. The number of amides is 1. The van der Waals surface area contributed by atoms with E-state index in [0.717, 1.165) is 0 Å². The van der Waals surface area contributed by atoms with E-state index in [1.807, 2.05) is 0 Å². The van der Waals surface area contributed by atoms with Gasteiger partial charge < -0.3 is 15.5 Å². The molecule has 0 aliphatic heterocycles. The SMILES string of the molecule is O=C(Cn1ccnn1)NCC(O)CO. The third-order valence-corrected chi connectivity index (χ3v) is 1.52. The first-order valence-corrected chi connectivity index (χ1v) is 4.12. The highest BCUT2D eigenvalue weighted by Gasteiger charge is 2.06. The molecule has 0 saturated heterocycles. The summed E-state index contributed by atoms with van der Waals surface area (Å²) in [5.41, 5.74) is 0. The zero-order valence-corrected chi connectivity index (χ0v) is 7.50. The van der Waals surface area contributed by atoms with Crippen molar-refractivity contribution in [3.63, 3.8) is 0 Å². The van der Waals surface area contributed by atoms with Crippen molar-refractivity contribution in [1.29, 1.82) is 0 Å². The van der Waals surface area contributed by atoms with E-state index in [1.165, 1.54) is 10.9 Å². The predicted molar refractivity (Wildman–Crippen MR) is 46.1 cm³/mol.